The van der Waals surface area contributed by atoms with Crippen LogP contribution in [0.25, 0.3) is 0 Å². The van der Waals surface area contributed by atoms with E-state index in [2.05, 4.69) is 13.8 Å². The van der Waals surface area contributed by atoms with E-state index in [1.807, 2.05) is 6.08 Å². The molecule has 5 aliphatic rings. The molecule has 0 saturated heterocycles. The van der Waals surface area contributed by atoms with Crippen LogP contribution in [0.4, 0.5) is 0 Å². The fraction of sp³-hybridized carbons (Fsp3) is 0.818. The molecule has 136 valence electrons. The Kier molecular flexibility index (Phi) is 3.21. The number of ketones is 1. The third-order valence-corrected chi connectivity index (χ3v) is 9.11. The van der Waals surface area contributed by atoms with Crippen molar-refractivity contribution in [3.8, 4) is 0 Å². The Balaban J connectivity index is 1.47. The second-order valence-corrected chi connectivity index (χ2v) is 9.94. The van der Waals surface area contributed by atoms with Crippen molar-refractivity contribution in [3.63, 3.8) is 0 Å². The summed E-state index contributed by atoms with van der Waals surface area (Å²) < 4.78 is 5.74. The fourth-order valence-electron chi connectivity index (χ4n) is 7.80. The molecule has 8 unspecified atom stereocenters. The second kappa shape index (κ2) is 4.98. The molecule has 0 aromatic heterocycles. The van der Waals surface area contributed by atoms with Crippen LogP contribution in [0.1, 0.15) is 65.7 Å². The average molecular weight is 342 g/mol. The van der Waals surface area contributed by atoms with E-state index in [0.29, 0.717) is 23.5 Å². The van der Waals surface area contributed by atoms with E-state index in [1.54, 1.807) is 6.92 Å². The van der Waals surface area contributed by atoms with Gasteiger partial charge in [0.2, 0.25) is 0 Å². The van der Waals surface area contributed by atoms with Gasteiger partial charge in [0.1, 0.15) is 6.10 Å². The molecule has 0 radical (unpaired) electrons. The van der Waals surface area contributed by atoms with Crippen LogP contribution < -0.4 is 0 Å². The molecule has 0 amide bonds. The van der Waals surface area contributed by atoms with E-state index in [-0.39, 0.29) is 22.9 Å². The quantitative estimate of drug-likeness (QED) is 0.667. The lowest BCUT2D eigenvalue weighted by Gasteiger charge is -2.58. The molecule has 0 bridgehead atoms. The van der Waals surface area contributed by atoms with Gasteiger partial charge in [0, 0.05) is 18.3 Å². The molecule has 3 nitrogen and oxygen atoms in total. The highest BCUT2D eigenvalue weighted by molar-refractivity contribution is 5.96. The van der Waals surface area contributed by atoms with E-state index in [1.165, 1.54) is 31.3 Å². The van der Waals surface area contributed by atoms with Gasteiger partial charge in [-0.1, -0.05) is 19.4 Å². The Labute approximate surface area is 150 Å². The van der Waals surface area contributed by atoms with Crippen molar-refractivity contribution in [1.82, 2.24) is 0 Å². The van der Waals surface area contributed by atoms with Crippen LogP contribution in [0, 0.1) is 40.4 Å². The first-order valence-corrected chi connectivity index (χ1v) is 10.3. The maximum Gasteiger partial charge on any atom is 0.302 e. The first-order chi connectivity index (χ1) is 11.9. The molecule has 5 aliphatic carbocycles. The zero-order valence-electron chi connectivity index (χ0n) is 15.7. The molecule has 0 aromatic carbocycles. The number of ether oxygens (including phenoxy) is 1. The lowest BCUT2D eigenvalue weighted by Crippen LogP contribution is -2.52. The van der Waals surface area contributed by atoms with Crippen LogP contribution in [-0.4, -0.2) is 17.9 Å². The molecule has 5 rings (SSSR count). The number of fused-ring (bicyclic) bond motifs is 7. The third kappa shape index (κ3) is 1.99. The number of hydrogen-bond donors (Lipinski definition) is 0. The highest BCUT2D eigenvalue weighted by Gasteiger charge is 2.66. The summed E-state index contributed by atoms with van der Waals surface area (Å²) in [5, 5.41) is 0. The summed E-state index contributed by atoms with van der Waals surface area (Å²) in [6.45, 7) is 6.41. The van der Waals surface area contributed by atoms with Crippen LogP contribution >= 0.6 is 0 Å². The molecule has 0 heterocycles. The molecule has 4 fully saturated rings. The molecular formula is C22H30O3. The number of allylic oxidation sites excluding steroid dienone is 1. The van der Waals surface area contributed by atoms with Gasteiger partial charge in [-0.05, 0) is 80.1 Å². The Bertz CT molecular complexity index is 679. The minimum atomic E-state index is -0.124. The van der Waals surface area contributed by atoms with Crippen molar-refractivity contribution in [2.24, 2.45) is 40.4 Å². The van der Waals surface area contributed by atoms with E-state index < -0.39 is 0 Å². The molecule has 8 atom stereocenters. The van der Waals surface area contributed by atoms with Gasteiger partial charge in [-0.3, -0.25) is 9.59 Å². The Hall–Kier alpha value is -1.12. The first-order valence-electron chi connectivity index (χ1n) is 10.3. The standard InChI is InChI=1S/C22H30O3/c1-12(23)25-20-7-6-16-14-5-4-13-10-19(24)15-11-18(15)22(13,3)17(14)8-9-21(16,20)2/h10,14-18,20H,4-9,11H2,1-3H3. The van der Waals surface area contributed by atoms with Crippen molar-refractivity contribution in [2.75, 3.05) is 0 Å². The molecular weight excluding hydrogens is 312 g/mol. The molecule has 3 heteroatoms. The lowest BCUT2D eigenvalue weighted by molar-refractivity contribution is -0.157. The molecule has 4 saturated carbocycles. The van der Waals surface area contributed by atoms with Gasteiger partial charge in [-0.2, -0.15) is 0 Å². The number of hydrogen-bond acceptors (Lipinski definition) is 3. The summed E-state index contributed by atoms with van der Waals surface area (Å²) in [6, 6.07) is 0. The summed E-state index contributed by atoms with van der Waals surface area (Å²) in [5.74, 6) is 3.39. The van der Waals surface area contributed by atoms with Crippen LogP contribution in [0.3, 0.4) is 0 Å². The fourth-order valence-corrected chi connectivity index (χ4v) is 7.80. The lowest BCUT2D eigenvalue weighted by atomic mass is 9.47. The molecule has 0 aromatic rings. The Morgan fingerprint density at radius 1 is 1.12 bits per heavy atom. The van der Waals surface area contributed by atoms with Crippen molar-refractivity contribution < 1.29 is 14.3 Å². The zero-order chi connectivity index (χ0) is 17.6. The number of carbonyl (C=O) groups excluding carboxylic acids is 2. The third-order valence-electron chi connectivity index (χ3n) is 9.11. The minimum Gasteiger partial charge on any atom is -0.462 e. The van der Waals surface area contributed by atoms with Crippen LogP contribution in [0.15, 0.2) is 11.6 Å². The van der Waals surface area contributed by atoms with Crippen LogP contribution in [0.2, 0.25) is 0 Å². The van der Waals surface area contributed by atoms with Crippen LogP contribution in [-0.2, 0) is 14.3 Å². The van der Waals surface area contributed by atoms with E-state index in [9.17, 15) is 9.59 Å². The topological polar surface area (TPSA) is 43.4 Å². The Morgan fingerprint density at radius 2 is 1.92 bits per heavy atom. The summed E-state index contributed by atoms with van der Waals surface area (Å²) >= 11 is 0. The van der Waals surface area contributed by atoms with Crippen molar-refractivity contribution in [3.05, 3.63) is 11.6 Å². The van der Waals surface area contributed by atoms with Crippen molar-refractivity contribution in [1.29, 1.82) is 0 Å². The van der Waals surface area contributed by atoms with Gasteiger partial charge in [-0.25, -0.2) is 0 Å². The summed E-state index contributed by atoms with van der Waals surface area (Å²) in [6.07, 6.45) is 10.3. The maximum atomic E-state index is 12.2. The van der Waals surface area contributed by atoms with Gasteiger partial charge in [0.25, 0.3) is 0 Å². The highest BCUT2D eigenvalue weighted by atomic mass is 16.5. The molecule has 0 N–H and O–H groups in total. The summed E-state index contributed by atoms with van der Waals surface area (Å²) in [4.78, 5) is 23.8. The van der Waals surface area contributed by atoms with Crippen molar-refractivity contribution in [2.45, 2.75) is 71.8 Å². The van der Waals surface area contributed by atoms with Gasteiger partial charge >= 0.3 is 5.97 Å². The highest BCUT2D eigenvalue weighted by Crippen LogP contribution is 2.71. The largest absolute Gasteiger partial charge is 0.462 e. The predicted octanol–water partition coefficient (Wildman–Crippen LogP) is 4.31. The Morgan fingerprint density at radius 3 is 2.68 bits per heavy atom. The summed E-state index contributed by atoms with van der Waals surface area (Å²) in [7, 11) is 0. The summed E-state index contributed by atoms with van der Waals surface area (Å²) in [5.41, 5.74) is 1.90. The minimum absolute atomic E-state index is 0.113. The SMILES string of the molecule is CC(=O)OC1CCC2C3CCC4=CC(=O)C5CC5C4(C)C3CCC12C. The first kappa shape index (κ1) is 16.1. The monoisotopic (exact) mass is 342 g/mol. The normalized spacial score (nSPS) is 53.1. The van der Waals surface area contributed by atoms with E-state index in [4.69, 9.17) is 4.74 Å². The van der Waals surface area contributed by atoms with E-state index >= 15 is 0 Å². The second-order valence-electron chi connectivity index (χ2n) is 9.94. The predicted molar refractivity (Wildman–Crippen MR) is 94.6 cm³/mol. The van der Waals surface area contributed by atoms with Gasteiger partial charge in [0.05, 0.1) is 0 Å². The molecule has 0 spiro atoms. The van der Waals surface area contributed by atoms with Crippen LogP contribution in [0.5, 0.6) is 0 Å². The number of carbonyl (C=O) groups is 2. The van der Waals surface area contributed by atoms with Gasteiger partial charge in [0.15, 0.2) is 5.78 Å². The molecule has 0 aliphatic heterocycles. The number of rotatable bonds is 1. The smallest absolute Gasteiger partial charge is 0.302 e. The number of esters is 1. The average Bonchev–Trinajstić information content (AvgIpc) is 3.30. The zero-order valence-corrected chi connectivity index (χ0v) is 15.7. The van der Waals surface area contributed by atoms with Crippen molar-refractivity contribution >= 4 is 11.8 Å². The van der Waals surface area contributed by atoms with Gasteiger partial charge < -0.3 is 4.74 Å². The molecule has 25 heavy (non-hydrogen) atoms. The maximum absolute atomic E-state index is 12.2. The van der Waals surface area contributed by atoms with E-state index in [0.717, 1.165) is 31.1 Å². The van der Waals surface area contributed by atoms with Gasteiger partial charge in [-0.15, -0.1) is 0 Å².